The van der Waals surface area contributed by atoms with E-state index in [4.69, 9.17) is 0 Å². The minimum Gasteiger partial charge on any atom is -0.0596 e. The zero-order valence-electron chi connectivity index (χ0n) is 9.69. The van der Waals surface area contributed by atoms with Crippen molar-refractivity contribution in [2.75, 3.05) is 0 Å². The van der Waals surface area contributed by atoms with Gasteiger partial charge in [0.05, 0.1) is 0 Å². The number of hydrogen-bond donors (Lipinski definition) is 0. The summed E-state index contributed by atoms with van der Waals surface area (Å²) in [7, 11) is 0. The fraction of sp³-hybridized carbons (Fsp3) is 1.00. The predicted molar refractivity (Wildman–Crippen MR) is 57.6 cm³/mol. The molecule has 0 spiro atoms. The van der Waals surface area contributed by atoms with Crippen LogP contribution in [0.25, 0.3) is 0 Å². The Bertz CT molecular complexity index is 191. The second kappa shape index (κ2) is 2.74. The third kappa shape index (κ3) is 1.33. The van der Waals surface area contributed by atoms with Crippen LogP contribution >= 0.6 is 0 Å². The molecule has 0 nitrogen and oxygen atoms in total. The third-order valence-corrected chi connectivity index (χ3v) is 5.17. The van der Waals surface area contributed by atoms with E-state index in [-0.39, 0.29) is 0 Å². The molecule has 0 aromatic rings. The molecule has 0 radical (unpaired) electrons. The molecule has 3 aliphatic carbocycles. The van der Waals surface area contributed by atoms with Crippen molar-refractivity contribution in [1.29, 1.82) is 0 Å². The lowest BCUT2D eigenvalue weighted by atomic mass is 9.49. The molecule has 1 atom stereocenters. The lowest BCUT2D eigenvalue weighted by Gasteiger charge is -2.56. The maximum Gasteiger partial charge on any atom is -0.0246 e. The highest BCUT2D eigenvalue weighted by Crippen LogP contribution is 2.59. The van der Waals surface area contributed by atoms with Crippen molar-refractivity contribution in [3.8, 4) is 0 Å². The summed E-state index contributed by atoms with van der Waals surface area (Å²) in [5.74, 6) is 2.09. The highest BCUT2D eigenvalue weighted by Gasteiger charge is 2.50. The van der Waals surface area contributed by atoms with Crippen LogP contribution in [0.1, 0.15) is 59.8 Å². The largest absolute Gasteiger partial charge is 0.0596 e. The van der Waals surface area contributed by atoms with E-state index in [1.54, 1.807) is 0 Å². The van der Waals surface area contributed by atoms with Gasteiger partial charge in [-0.1, -0.05) is 40.5 Å². The molecule has 3 aliphatic rings. The number of hydrogen-bond acceptors (Lipinski definition) is 0. The van der Waals surface area contributed by atoms with Gasteiger partial charge in [0, 0.05) is 0 Å². The second-order valence-electron chi connectivity index (χ2n) is 6.59. The molecule has 0 saturated heterocycles. The first-order valence-corrected chi connectivity index (χ1v) is 5.93. The number of fused-ring (bicyclic) bond motifs is 3. The Kier molecular flexibility index (Phi) is 2.02. The van der Waals surface area contributed by atoms with Crippen LogP contribution in [0.3, 0.4) is 0 Å². The minimum atomic E-state index is 0.511. The Morgan fingerprint density at radius 1 is 1.00 bits per heavy atom. The minimum absolute atomic E-state index is 0.511. The molecule has 1 unspecified atom stereocenters. The Hall–Kier alpha value is 0. The van der Waals surface area contributed by atoms with Crippen molar-refractivity contribution < 1.29 is 0 Å². The summed E-state index contributed by atoms with van der Waals surface area (Å²) >= 11 is 0. The molecule has 0 aromatic heterocycles. The molecule has 0 amide bonds. The van der Waals surface area contributed by atoms with Crippen molar-refractivity contribution in [2.24, 2.45) is 22.7 Å². The molecule has 0 heteroatoms. The summed E-state index contributed by atoms with van der Waals surface area (Å²) in [5.41, 5.74) is 1.14. The molecule has 13 heavy (non-hydrogen) atoms. The zero-order chi connectivity index (χ0) is 9.69. The topological polar surface area (TPSA) is 0 Å². The molecule has 76 valence electrons. The van der Waals surface area contributed by atoms with Crippen molar-refractivity contribution in [3.63, 3.8) is 0 Å². The van der Waals surface area contributed by atoms with Gasteiger partial charge in [0.25, 0.3) is 0 Å². The highest BCUT2D eigenvalue weighted by molar-refractivity contribution is 5.00. The average molecular weight is 180 g/mol. The van der Waals surface area contributed by atoms with Crippen LogP contribution in [0.15, 0.2) is 0 Å². The molecule has 2 bridgehead atoms. The van der Waals surface area contributed by atoms with E-state index < -0.39 is 0 Å². The van der Waals surface area contributed by atoms with Crippen LogP contribution in [-0.2, 0) is 0 Å². The van der Waals surface area contributed by atoms with Gasteiger partial charge in [0.1, 0.15) is 0 Å². The van der Waals surface area contributed by atoms with Crippen LogP contribution in [0, 0.1) is 22.7 Å². The smallest absolute Gasteiger partial charge is 0.0246 e. The van der Waals surface area contributed by atoms with Gasteiger partial charge in [-0.2, -0.15) is 0 Å². The molecular weight excluding hydrogens is 156 g/mol. The SMILES string of the molecule is CC(C)(C)C1(C)CC2CCC1CC2. The first-order valence-electron chi connectivity index (χ1n) is 5.93. The van der Waals surface area contributed by atoms with Gasteiger partial charge >= 0.3 is 0 Å². The van der Waals surface area contributed by atoms with Crippen molar-refractivity contribution >= 4 is 0 Å². The van der Waals surface area contributed by atoms with E-state index in [2.05, 4.69) is 27.7 Å². The summed E-state index contributed by atoms with van der Waals surface area (Å²) in [6, 6.07) is 0. The summed E-state index contributed by atoms with van der Waals surface area (Å²) in [6.07, 6.45) is 7.57. The Morgan fingerprint density at radius 2 is 1.54 bits per heavy atom. The van der Waals surface area contributed by atoms with E-state index in [0.29, 0.717) is 10.8 Å². The van der Waals surface area contributed by atoms with Crippen LogP contribution in [0.4, 0.5) is 0 Å². The van der Waals surface area contributed by atoms with Gasteiger partial charge in [-0.15, -0.1) is 0 Å². The monoisotopic (exact) mass is 180 g/mol. The van der Waals surface area contributed by atoms with E-state index in [0.717, 1.165) is 11.8 Å². The fourth-order valence-electron chi connectivity index (χ4n) is 3.69. The van der Waals surface area contributed by atoms with Gasteiger partial charge in [-0.25, -0.2) is 0 Å². The lowest BCUT2D eigenvalue weighted by Crippen LogP contribution is -2.47. The molecule has 0 heterocycles. The average Bonchev–Trinajstić information content (AvgIpc) is 2.04. The van der Waals surface area contributed by atoms with Crippen LogP contribution in [0.2, 0.25) is 0 Å². The molecule has 0 aliphatic heterocycles. The van der Waals surface area contributed by atoms with E-state index in [9.17, 15) is 0 Å². The molecule has 3 saturated carbocycles. The predicted octanol–water partition coefficient (Wildman–Crippen LogP) is 4.25. The van der Waals surface area contributed by atoms with E-state index in [1.807, 2.05) is 0 Å². The Labute approximate surface area is 83.1 Å². The fourth-order valence-corrected chi connectivity index (χ4v) is 3.69. The Balaban J connectivity index is 2.24. The van der Waals surface area contributed by atoms with Gasteiger partial charge in [-0.05, 0) is 41.9 Å². The maximum absolute atomic E-state index is 2.54. The standard InChI is InChI=1S/C13H24/c1-12(2,3)13(4)9-10-5-7-11(13)8-6-10/h10-11H,5-9H2,1-4H3. The molecule has 3 rings (SSSR count). The van der Waals surface area contributed by atoms with Gasteiger partial charge < -0.3 is 0 Å². The summed E-state index contributed by atoms with van der Waals surface area (Å²) in [6.45, 7) is 9.86. The highest BCUT2D eigenvalue weighted by atomic mass is 14.5. The molecule has 0 N–H and O–H groups in total. The van der Waals surface area contributed by atoms with Crippen molar-refractivity contribution in [3.05, 3.63) is 0 Å². The van der Waals surface area contributed by atoms with E-state index in [1.165, 1.54) is 32.1 Å². The third-order valence-electron chi connectivity index (χ3n) is 5.17. The van der Waals surface area contributed by atoms with Crippen LogP contribution in [-0.4, -0.2) is 0 Å². The molecule has 3 fully saturated rings. The summed E-state index contributed by atoms with van der Waals surface area (Å²) in [4.78, 5) is 0. The summed E-state index contributed by atoms with van der Waals surface area (Å²) < 4.78 is 0. The van der Waals surface area contributed by atoms with Crippen LogP contribution < -0.4 is 0 Å². The van der Waals surface area contributed by atoms with Crippen molar-refractivity contribution in [1.82, 2.24) is 0 Å². The molecule has 0 aromatic carbocycles. The second-order valence-corrected chi connectivity index (χ2v) is 6.59. The summed E-state index contributed by atoms with van der Waals surface area (Å²) in [5, 5.41) is 0. The van der Waals surface area contributed by atoms with E-state index >= 15 is 0 Å². The number of rotatable bonds is 0. The van der Waals surface area contributed by atoms with Crippen molar-refractivity contribution in [2.45, 2.75) is 59.8 Å². The van der Waals surface area contributed by atoms with Gasteiger partial charge in [-0.3, -0.25) is 0 Å². The quantitative estimate of drug-likeness (QED) is 0.523. The zero-order valence-corrected chi connectivity index (χ0v) is 9.69. The first kappa shape index (κ1) is 9.55. The normalized spacial score (nSPS) is 45.2. The lowest BCUT2D eigenvalue weighted by molar-refractivity contribution is -0.0653. The molecular formula is C13H24. The first-order chi connectivity index (χ1) is 5.93. The maximum atomic E-state index is 2.54. The van der Waals surface area contributed by atoms with Gasteiger partial charge in [0.15, 0.2) is 0 Å². The Morgan fingerprint density at radius 3 is 1.77 bits per heavy atom. The van der Waals surface area contributed by atoms with Crippen LogP contribution in [0.5, 0.6) is 0 Å². The van der Waals surface area contributed by atoms with Gasteiger partial charge in [0.2, 0.25) is 0 Å².